The maximum Gasteiger partial charge on any atom is 0.215 e. The van der Waals surface area contributed by atoms with Crippen LogP contribution in [0.4, 0.5) is 13.2 Å². The number of nitrogens with zero attached hydrogens (tertiary/aromatic N) is 1. The minimum Gasteiger partial charge on any atom is -0.287 e. The van der Waals surface area contributed by atoms with Gasteiger partial charge in [-0.3, -0.25) is 4.79 Å². The molecule has 18 heavy (non-hydrogen) atoms. The maximum absolute atomic E-state index is 13.5. The van der Waals surface area contributed by atoms with E-state index < -0.39 is 28.8 Å². The van der Waals surface area contributed by atoms with Gasteiger partial charge in [-0.25, -0.2) is 18.2 Å². The van der Waals surface area contributed by atoms with Gasteiger partial charge in [0, 0.05) is 0 Å². The highest BCUT2D eigenvalue weighted by Gasteiger charge is 2.21. The summed E-state index contributed by atoms with van der Waals surface area (Å²) in [6.07, 6.45) is 0.804. The summed E-state index contributed by atoms with van der Waals surface area (Å²) in [5.41, 5.74) is -0.835. The first-order valence-electron chi connectivity index (χ1n) is 4.80. The Morgan fingerprint density at radius 2 is 1.83 bits per heavy atom. The predicted octanol–water partition coefficient (Wildman–Crippen LogP) is 3.38. The Morgan fingerprint density at radius 1 is 1.11 bits per heavy atom. The Bertz CT molecular complexity index is 613. The first kappa shape index (κ1) is 12.6. The number of halogens is 4. The molecule has 2 rings (SSSR count). The summed E-state index contributed by atoms with van der Waals surface area (Å²) >= 11 is 5.65. The standard InChI is InChI=1S/C12H5ClF3NO/c13-7-2-3-8(15)11(16)10(7)12(18)9-4-1-6(14)5-17-9/h1-5H. The highest BCUT2D eigenvalue weighted by atomic mass is 35.5. The molecule has 0 amide bonds. The van der Waals surface area contributed by atoms with E-state index in [4.69, 9.17) is 11.6 Å². The highest BCUT2D eigenvalue weighted by Crippen LogP contribution is 2.23. The lowest BCUT2D eigenvalue weighted by Crippen LogP contribution is -2.09. The molecule has 0 spiro atoms. The van der Waals surface area contributed by atoms with Gasteiger partial charge in [-0.2, -0.15) is 0 Å². The van der Waals surface area contributed by atoms with Crippen molar-refractivity contribution in [3.63, 3.8) is 0 Å². The smallest absolute Gasteiger partial charge is 0.215 e. The summed E-state index contributed by atoms with van der Waals surface area (Å²) in [6.45, 7) is 0. The molecule has 1 heterocycles. The van der Waals surface area contributed by atoms with Gasteiger partial charge in [-0.15, -0.1) is 0 Å². The number of carbonyl (C=O) groups excluding carboxylic acids is 1. The van der Waals surface area contributed by atoms with Crippen LogP contribution in [0.25, 0.3) is 0 Å². The van der Waals surface area contributed by atoms with Gasteiger partial charge in [-0.05, 0) is 24.3 Å². The molecule has 0 saturated carbocycles. The van der Waals surface area contributed by atoms with Crippen LogP contribution in [0.3, 0.4) is 0 Å². The largest absolute Gasteiger partial charge is 0.287 e. The van der Waals surface area contributed by atoms with Crippen molar-refractivity contribution in [2.45, 2.75) is 0 Å². The average molecular weight is 272 g/mol. The second kappa shape index (κ2) is 4.78. The van der Waals surface area contributed by atoms with Crippen molar-refractivity contribution in [1.29, 1.82) is 0 Å². The Kier molecular flexibility index (Phi) is 3.34. The number of hydrogen-bond acceptors (Lipinski definition) is 2. The van der Waals surface area contributed by atoms with Crippen LogP contribution >= 0.6 is 11.6 Å². The van der Waals surface area contributed by atoms with E-state index in [-0.39, 0.29) is 10.7 Å². The zero-order valence-electron chi connectivity index (χ0n) is 8.75. The fraction of sp³-hybridized carbons (Fsp3) is 0. The zero-order valence-corrected chi connectivity index (χ0v) is 9.51. The monoisotopic (exact) mass is 271 g/mol. The average Bonchev–Trinajstić information content (AvgIpc) is 2.35. The number of carbonyl (C=O) groups is 1. The fourth-order valence-electron chi connectivity index (χ4n) is 1.37. The molecule has 2 nitrogen and oxygen atoms in total. The third-order valence-electron chi connectivity index (χ3n) is 2.23. The summed E-state index contributed by atoms with van der Waals surface area (Å²) < 4.78 is 39.2. The van der Waals surface area contributed by atoms with Crippen molar-refractivity contribution in [3.05, 3.63) is 64.2 Å². The molecule has 0 aliphatic heterocycles. The van der Waals surface area contributed by atoms with Gasteiger partial charge < -0.3 is 0 Å². The summed E-state index contributed by atoms with van der Waals surface area (Å²) in [5.74, 6) is -4.09. The van der Waals surface area contributed by atoms with Crippen LogP contribution in [0.1, 0.15) is 16.1 Å². The van der Waals surface area contributed by atoms with Crippen LogP contribution in [0.15, 0.2) is 30.5 Å². The molecule has 0 fully saturated rings. The van der Waals surface area contributed by atoms with E-state index in [2.05, 4.69) is 4.98 Å². The second-order valence-electron chi connectivity index (χ2n) is 3.41. The van der Waals surface area contributed by atoms with Crippen LogP contribution in [0.5, 0.6) is 0 Å². The molecule has 0 atom stereocenters. The van der Waals surface area contributed by atoms with Crippen molar-refractivity contribution in [2.75, 3.05) is 0 Å². The van der Waals surface area contributed by atoms with Crippen LogP contribution in [0, 0.1) is 17.5 Å². The van der Waals surface area contributed by atoms with E-state index in [1.165, 1.54) is 0 Å². The lowest BCUT2D eigenvalue weighted by Gasteiger charge is -2.05. The molecule has 0 aliphatic rings. The predicted molar refractivity (Wildman–Crippen MR) is 59.0 cm³/mol. The van der Waals surface area contributed by atoms with E-state index in [9.17, 15) is 18.0 Å². The Balaban J connectivity index is 2.52. The summed E-state index contributed by atoms with van der Waals surface area (Å²) in [5, 5.41) is -0.231. The second-order valence-corrected chi connectivity index (χ2v) is 3.82. The molecule has 2 aromatic rings. The number of pyridine rings is 1. The van der Waals surface area contributed by atoms with Crippen LogP contribution < -0.4 is 0 Å². The molecular weight excluding hydrogens is 267 g/mol. The van der Waals surface area contributed by atoms with Crippen LogP contribution in [-0.2, 0) is 0 Å². The topological polar surface area (TPSA) is 30.0 Å². The normalized spacial score (nSPS) is 10.4. The minimum atomic E-state index is -1.35. The number of rotatable bonds is 2. The van der Waals surface area contributed by atoms with Crippen LogP contribution in [0.2, 0.25) is 5.02 Å². The van der Waals surface area contributed by atoms with Gasteiger partial charge in [0.15, 0.2) is 11.6 Å². The third kappa shape index (κ3) is 2.22. The zero-order chi connectivity index (χ0) is 13.3. The quantitative estimate of drug-likeness (QED) is 0.619. The van der Waals surface area contributed by atoms with Gasteiger partial charge in [-0.1, -0.05) is 11.6 Å². The number of ketones is 1. The lowest BCUT2D eigenvalue weighted by atomic mass is 10.1. The molecule has 1 aromatic carbocycles. The van der Waals surface area contributed by atoms with Gasteiger partial charge in [0.05, 0.1) is 16.8 Å². The molecule has 0 aliphatic carbocycles. The van der Waals surface area contributed by atoms with Gasteiger partial charge >= 0.3 is 0 Å². The van der Waals surface area contributed by atoms with Crippen molar-refractivity contribution in [1.82, 2.24) is 4.98 Å². The number of hydrogen-bond donors (Lipinski definition) is 0. The molecular formula is C12H5ClF3NO. The first-order valence-corrected chi connectivity index (χ1v) is 5.18. The van der Waals surface area contributed by atoms with Crippen molar-refractivity contribution >= 4 is 17.4 Å². The molecule has 1 aromatic heterocycles. The first-order chi connectivity index (χ1) is 8.50. The summed E-state index contributed by atoms with van der Waals surface area (Å²) in [4.78, 5) is 15.4. The van der Waals surface area contributed by atoms with Gasteiger partial charge in [0.1, 0.15) is 11.5 Å². The number of aromatic nitrogens is 1. The van der Waals surface area contributed by atoms with Crippen molar-refractivity contribution in [3.8, 4) is 0 Å². The summed E-state index contributed by atoms with van der Waals surface area (Å²) in [7, 11) is 0. The number of benzene rings is 1. The van der Waals surface area contributed by atoms with Crippen molar-refractivity contribution in [2.24, 2.45) is 0 Å². The molecule has 0 unspecified atom stereocenters. The highest BCUT2D eigenvalue weighted by molar-refractivity contribution is 6.34. The van der Waals surface area contributed by atoms with E-state index in [0.29, 0.717) is 0 Å². The lowest BCUT2D eigenvalue weighted by molar-refractivity contribution is 0.102. The summed E-state index contributed by atoms with van der Waals surface area (Å²) in [6, 6.07) is 3.94. The van der Waals surface area contributed by atoms with E-state index >= 15 is 0 Å². The Morgan fingerprint density at radius 3 is 2.44 bits per heavy atom. The molecule has 0 bridgehead atoms. The minimum absolute atomic E-state index is 0.220. The van der Waals surface area contributed by atoms with Crippen LogP contribution in [-0.4, -0.2) is 10.8 Å². The van der Waals surface area contributed by atoms with E-state index in [1.54, 1.807) is 0 Å². The Hall–Kier alpha value is -1.88. The fourth-order valence-corrected chi connectivity index (χ4v) is 1.61. The maximum atomic E-state index is 13.5. The van der Waals surface area contributed by atoms with E-state index in [0.717, 1.165) is 30.5 Å². The Labute approximate surface area is 105 Å². The van der Waals surface area contributed by atoms with Gasteiger partial charge in [0.25, 0.3) is 0 Å². The van der Waals surface area contributed by atoms with Gasteiger partial charge in [0.2, 0.25) is 5.78 Å². The molecule has 0 N–H and O–H groups in total. The molecule has 6 heteroatoms. The van der Waals surface area contributed by atoms with Crippen molar-refractivity contribution < 1.29 is 18.0 Å². The SMILES string of the molecule is O=C(c1ccc(F)cn1)c1c(Cl)ccc(F)c1F. The third-order valence-corrected chi connectivity index (χ3v) is 2.55. The molecule has 92 valence electrons. The van der Waals surface area contributed by atoms with E-state index in [1.807, 2.05) is 0 Å². The molecule has 0 radical (unpaired) electrons. The molecule has 0 saturated heterocycles.